The lowest BCUT2D eigenvalue weighted by molar-refractivity contribution is -0.124. The summed E-state index contributed by atoms with van der Waals surface area (Å²) in [5.74, 6) is 1.89. The van der Waals surface area contributed by atoms with Crippen molar-refractivity contribution in [1.82, 2.24) is 15.3 Å². The van der Waals surface area contributed by atoms with E-state index in [4.69, 9.17) is 0 Å². The number of aromatic nitrogens is 2. The summed E-state index contributed by atoms with van der Waals surface area (Å²) in [6.07, 6.45) is 4.43. The Bertz CT molecular complexity index is 483. The number of aryl methyl sites for hydroxylation is 1. The van der Waals surface area contributed by atoms with E-state index >= 15 is 0 Å². The van der Waals surface area contributed by atoms with Gasteiger partial charge in [0.2, 0.25) is 11.9 Å². The molecule has 1 heterocycles. The van der Waals surface area contributed by atoms with E-state index in [-0.39, 0.29) is 11.8 Å². The second kappa shape index (κ2) is 7.24. The molecule has 116 valence electrons. The highest BCUT2D eigenvalue weighted by molar-refractivity contribution is 5.78. The third kappa shape index (κ3) is 4.58. The summed E-state index contributed by atoms with van der Waals surface area (Å²) in [7, 11) is 3.90. The zero-order chi connectivity index (χ0) is 15.2. The maximum absolute atomic E-state index is 11.9. The molecule has 0 unspecified atom stereocenters. The molecule has 0 bridgehead atoms. The van der Waals surface area contributed by atoms with Crippen LogP contribution in [0.25, 0.3) is 0 Å². The summed E-state index contributed by atoms with van der Waals surface area (Å²) in [6.45, 7) is 3.18. The standard InChI is InChI=1S/C15H25N5O/c1-11-10-13(20(2)3)19-15(18-11)17-9-8-16-14(21)12-6-4-5-7-12/h10,12H,4-9H2,1-3H3,(H,16,21)(H,17,18,19). The lowest BCUT2D eigenvalue weighted by Crippen LogP contribution is -2.33. The second-order valence-corrected chi connectivity index (χ2v) is 5.78. The van der Waals surface area contributed by atoms with Crippen molar-refractivity contribution < 1.29 is 4.79 Å². The van der Waals surface area contributed by atoms with Crippen LogP contribution in [0.3, 0.4) is 0 Å². The van der Waals surface area contributed by atoms with Crippen LogP contribution in [-0.4, -0.2) is 43.1 Å². The molecular weight excluding hydrogens is 266 g/mol. The predicted octanol–water partition coefficient (Wildman–Crippen LogP) is 1.57. The monoisotopic (exact) mass is 291 g/mol. The SMILES string of the molecule is Cc1cc(N(C)C)nc(NCCNC(=O)C2CCCC2)n1. The Hall–Kier alpha value is -1.85. The Morgan fingerprint density at radius 3 is 2.67 bits per heavy atom. The minimum atomic E-state index is 0.188. The highest BCUT2D eigenvalue weighted by atomic mass is 16.1. The van der Waals surface area contributed by atoms with Gasteiger partial charge in [0.1, 0.15) is 5.82 Å². The fraction of sp³-hybridized carbons (Fsp3) is 0.667. The predicted molar refractivity (Wildman–Crippen MR) is 84.6 cm³/mol. The van der Waals surface area contributed by atoms with Crippen molar-refractivity contribution >= 4 is 17.7 Å². The van der Waals surface area contributed by atoms with Crippen LogP contribution in [0.15, 0.2) is 6.07 Å². The van der Waals surface area contributed by atoms with Crippen LogP contribution in [0.5, 0.6) is 0 Å². The van der Waals surface area contributed by atoms with Gasteiger partial charge in [-0.3, -0.25) is 4.79 Å². The maximum atomic E-state index is 11.9. The lowest BCUT2D eigenvalue weighted by atomic mass is 10.1. The van der Waals surface area contributed by atoms with E-state index in [2.05, 4.69) is 20.6 Å². The minimum Gasteiger partial charge on any atom is -0.363 e. The molecule has 1 aromatic heterocycles. The molecular formula is C15H25N5O. The largest absolute Gasteiger partial charge is 0.363 e. The maximum Gasteiger partial charge on any atom is 0.224 e. The van der Waals surface area contributed by atoms with Gasteiger partial charge in [-0.25, -0.2) is 4.98 Å². The third-order valence-corrected chi connectivity index (χ3v) is 3.73. The molecule has 1 saturated carbocycles. The van der Waals surface area contributed by atoms with Gasteiger partial charge in [-0.15, -0.1) is 0 Å². The van der Waals surface area contributed by atoms with Crippen molar-refractivity contribution in [2.24, 2.45) is 5.92 Å². The smallest absolute Gasteiger partial charge is 0.224 e. The van der Waals surface area contributed by atoms with Crippen LogP contribution in [0.2, 0.25) is 0 Å². The molecule has 0 aromatic carbocycles. The first-order chi connectivity index (χ1) is 10.1. The molecule has 0 saturated heterocycles. The number of amides is 1. The molecule has 1 aliphatic rings. The summed E-state index contributed by atoms with van der Waals surface area (Å²) in [6, 6.07) is 1.94. The van der Waals surface area contributed by atoms with Crippen molar-refractivity contribution in [1.29, 1.82) is 0 Å². The van der Waals surface area contributed by atoms with E-state index in [1.54, 1.807) is 0 Å². The zero-order valence-corrected chi connectivity index (χ0v) is 13.1. The van der Waals surface area contributed by atoms with E-state index < -0.39 is 0 Å². The summed E-state index contributed by atoms with van der Waals surface area (Å²) < 4.78 is 0. The first-order valence-electron chi connectivity index (χ1n) is 7.61. The molecule has 0 aliphatic heterocycles. The Labute approximate surface area is 126 Å². The minimum absolute atomic E-state index is 0.188. The summed E-state index contributed by atoms with van der Waals surface area (Å²) >= 11 is 0. The van der Waals surface area contributed by atoms with Crippen molar-refractivity contribution in [3.8, 4) is 0 Å². The molecule has 1 fully saturated rings. The number of nitrogens with one attached hydrogen (secondary N) is 2. The van der Waals surface area contributed by atoms with Crippen LogP contribution in [0, 0.1) is 12.8 Å². The van der Waals surface area contributed by atoms with Crippen LogP contribution >= 0.6 is 0 Å². The summed E-state index contributed by atoms with van der Waals surface area (Å²) in [5, 5.41) is 6.14. The van der Waals surface area contributed by atoms with Gasteiger partial charge in [0, 0.05) is 44.9 Å². The number of anilines is 2. The van der Waals surface area contributed by atoms with Crippen molar-refractivity contribution in [3.05, 3.63) is 11.8 Å². The average molecular weight is 291 g/mol. The van der Waals surface area contributed by atoms with Crippen molar-refractivity contribution in [2.75, 3.05) is 37.4 Å². The zero-order valence-electron chi connectivity index (χ0n) is 13.1. The number of hydrogen-bond donors (Lipinski definition) is 2. The number of carbonyl (C=O) groups excluding carboxylic acids is 1. The Morgan fingerprint density at radius 1 is 1.29 bits per heavy atom. The van der Waals surface area contributed by atoms with Gasteiger partial charge in [0.25, 0.3) is 0 Å². The van der Waals surface area contributed by atoms with Crippen molar-refractivity contribution in [3.63, 3.8) is 0 Å². The third-order valence-electron chi connectivity index (χ3n) is 3.73. The molecule has 6 nitrogen and oxygen atoms in total. The molecule has 0 radical (unpaired) electrons. The molecule has 0 atom stereocenters. The highest BCUT2D eigenvalue weighted by Gasteiger charge is 2.21. The van der Waals surface area contributed by atoms with E-state index in [9.17, 15) is 4.79 Å². The van der Waals surface area contributed by atoms with Gasteiger partial charge in [-0.2, -0.15) is 4.98 Å². The van der Waals surface area contributed by atoms with E-state index in [0.29, 0.717) is 19.0 Å². The number of carbonyl (C=O) groups is 1. The molecule has 1 aromatic rings. The number of nitrogens with zero attached hydrogens (tertiary/aromatic N) is 3. The molecule has 0 spiro atoms. The Kier molecular flexibility index (Phi) is 5.36. The molecule has 1 amide bonds. The first kappa shape index (κ1) is 15.5. The summed E-state index contributed by atoms with van der Waals surface area (Å²) in [5.41, 5.74) is 0.922. The van der Waals surface area contributed by atoms with Crippen LogP contribution in [0.1, 0.15) is 31.4 Å². The van der Waals surface area contributed by atoms with Gasteiger partial charge in [0.05, 0.1) is 0 Å². The van der Waals surface area contributed by atoms with Gasteiger partial charge < -0.3 is 15.5 Å². The van der Waals surface area contributed by atoms with E-state index in [1.807, 2.05) is 32.0 Å². The van der Waals surface area contributed by atoms with Gasteiger partial charge in [-0.05, 0) is 19.8 Å². The molecule has 2 N–H and O–H groups in total. The summed E-state index contributed by atoms with van der Waals surface area (Å²) in [4.78, 5) is 22.6. The Morgan fingerprint density at radius 2 is 2.00 bits per heavy atom. The quantitative estimate of drug-likeness (QED) is 0.779. The topological polar surface area (TPSA) is 70.2 Å². The number of hydrogen-bond acceptors (Lipinski definition) is 5. The van der Waals surface area contributed by atoms with Gasteiger partial charge in [-0.1, -0.05) is 12.8 Å². The van der Waals surface area contributed by atoms with E-state index in [1.165, 1.54) is 12.8 Å². The van der Waals surface area contributed by atoms with Crippen molar-refractivity contribution in [2.45, 2.75) is 32.6 Å². The van der Waals surface area contributed by atoms with Gasteiger partial charge in [0.15, 0.2) is 0 Å². The number of rotatable bonds is 6. The lowest BCUT2D eigenvalue weighted by Gasteiger charge is -2.14. The second-order valence-electron chi connectivity index (χ2n) is 5.78. The van der Waals surface area contributed by atoms with Crippen LogP contribution < -0.4 is 15.5 Å². The Balaban J connectivity index is 1.76. The molecule has 2 rings (SSSR count). The fourth-order valence-electron chi connectivity index (χ4n) is 2.55. The van der Waals surface area contributed by atoms with Crippen LogP contribution in [0.4, 0.5) is 11.8 Å². The highest BCUT2D eigenvalue weighted by Crippen LogP contribution is 2.24. The molecule has 6 heteroatoms. The molecule has 1 aliphatic carbocycles. The van der Waals surface area contributed by atoms with E-state index in [0.717, 1.165) is 24.4 Å². The van der Waals surface area contributed by atoms with Gasteiger partial charge >= 0.3 is 0 Å². The fourth-order valence-corrected chi connectivity index (χ4v) is 2.55. The molecule has 21 heavy (non-hydrogen) atoms. The average Bonchev–Trinajstić information content (AvgIpc) is 2.97. The first-order valence-corrected chi connectivity index (χ1v) is 7.61. The van der Waals surface area contributed by atoms with Crippen LogP contribution in [-0.2, 0) is 4.79 Å². The normalized spacial score (nSPS) is 15.0.